The molecule has 0 aromatic heterocycles. The Morgan fingerprint density at radius 2 is 2.26 bits per heavy atom. The molecule has 7 heteroatoms. The van der Waals surface area contributed by atoms with Gasteiger partial charge in [-0.3, -0.25) is 19.8 Å². The fraction of sp³-hybridized carbons (Fsp3) is 0.562. The summed E-state index contributed by atoms with van der Waals surface area (Å²) in [7, 11) is 1.44. The molecule has 1 N–H and O–H groups in total. The summed E-state index contributed by atoms with van der Waals surface area (Å²) in [5, 5.41) is 13.9. The van der Waals surface area contributed by atoms with Crippen LogP contribution in [0.2, 0.25) is 0 Å². The van der Waals surface area contributed by atoms with Gasteiger partial charge in [-0.05, 0) is 44.4 Å². The zero-order chi connectivity index (χ0) is 17.0. The number of carbonyl (C=O) groups is 1. The average Bonchev–Trinajstić information content (AvgIpc) is 2.54. The highest BCUT2D eigenvalue weighted by atomic mass is 16.6. The number of likely N-dealkylation sites (tertiary alicyclic amines) is 1. The minimum Gasteiger partial charge on any atom is -0.496 e. The number of piperidine rings is 1. The number of hydrogen-bond donors (Lipinski definition) is 1. The van der Waals surface area contributed by atoms with Gasteiger partial charge < -0.3 is 10.1 Å². The second kappa shape index (κ2) is 7.41. The largest absolute Gasteiger partial charge is 0.496 e. The maximum Gasteiger partial charge on any atom is 0.296 e. The van der Waals surface area contributed by atoms with Gasteiger partial charge in [0, 0.05) is 6.54 Å². The predicted molar refractivity (Wildman–Crippen MR) is 87.7 cm³/mol. The van der Waals surface area contributed by atoms with E-state index in [1.54, 1.807) is 6.07 Å². The topological polar surface area (TPSA) is 84.7 Å². The Balaban J connectivity index is 2.11. The number of rotatable bonds is 5. The summed E-state index contributed by atoms with van der Waals surface area (Å²) >= 11 is 0. The first-order valence-corrected chi connectivity index (χ1v) is 7.79. The van der Waals surface area contributed by atoms with Crippen molar-refractivity contribution in [2.75, 3.05) is 25.5 Å². The van der Waals surface area contributed by atoms with E-state index in [1.165, 1.54) is 25.7 Å². The molecule has 1 amide bonds. The number of benzene rings is 1. The number of nitro groups is 1. The molecule has 1 aromatic carbocycles. The van der Waals surface area contributed by atoms with E-state index in [2.05, 4.69) is 17.1 Å². The number of carbonyl (C=O) groups excluding carboxylic acids is 1. The zero-order valence-electron chi connectivity index (χ0n) is 13.7. The molecule has 1 aliphatic heterocycles. The molecule has 7 nitrogen and oxygen atoms in total. The molecule has 0 unspecified atom stereocenters. The Kier molecular flexibility index (Phi) is 5.54. The van der Waals surface area contributed by atoms with Crippen molar-refractivity contribution in [2.45, 2.75) is 32.7 Å². The van der Waals surface area contributed by atoms with E-state index in [9.17, 15) is 14.9 Å². The van der Waals surface area contributed by atoms with Crippen LogP contribution in [0.15, 0.2) is 18.2 Å². The van der Waals surface area contributed by atoms with Crippen LogP contribution in [0, 0.1) is 16.0 Å². The fourth-order valence-corrected chi connectivity index (χ4v) is 2.88. The molecule has 0 spiro atoms. The normalized spacial score (nSPS) is 19.9. The third-order valence-electron chi connectivity index (χ3n) is 4.28. The van der Waals surface area contributed by atoms with Gasteiger partial charge in [-0.25, -0.2) is 0 Å². The third-order valence-corrected chi connectivity index (χ3v) is 4.28. The number of methoxy groups -OCH3 is 1. The van der Waals surface area contributed by atoms with Crippen LogP contribution in [-0.2, 0) is 4.79 Å². The summed E-state index contributed by atoms with van der Waals surface area (Å²) in [6, 6.07) is 4.08. The smallest absolute Gasteiger partial charge is 0.296 e. The van der Waals surface area contributed by atoms with Crippen molar-refractivity contribution >= 4 is 17.3 Å². The number of amides is 1. The Morgan fingerprint density at radius 3 is 2.87 bits per heavy atom. The summed E-state index contributed by atoms with van der Waals surface area (Å²) < 4.78 is 4.99. The van der Waals surface area contributed by atoms with E-state index in [0.29, 0.717) is 11.7 Å². The Bertz CT molecular complexity index is 591. The molecule has 1 aromatic rings. The van der Waals surface area contributed by atoms with Crippen molar-refractivity contribution < 1.29 is 14.5 Å². The molecule has 1 heterocycles. The van der Waals surface area contributed by atoms with Gasteiger partial charge in [-0.2, -0.15) is 0 Å². The van der Waals surface area contributed by atoms with E-state index in [4.69, 9.17) is 4.74 Å². The number of anilines is 1. The summed E-state index contributed by atoms with van der Waals surface area (Å²) in [5.41, 5.74) is 0.0228. The second-order valence-corrected chi connectivity index (χ2v) is 6.05. The lowest BCUT2D eigenvalue weighted by Crippen LogP contribution is -2.46. The van der Waals surface area contributed by atoms with Crippen molar-refractivity contribution in [2.24, 2.45) is 5.92 Å². The van der Waals surface area contributed by atoms with E-state index < -0.39 is 4.92 Å². The molecule has 0 saturated carbocycles. The summed E-state index contributed by atoms with van der Waals surface area (Å²) in [6.07, 6.45) is 2.25. The molecule has 1 aliphatic rings. The molecule has 23 heavy (non-hydrogen) atoms. The number of nitro benzene ring substituents is 1. The zero-order valence-corrected chi connectivity index (χ0v) is 13.7. The quantitative estimate of drug-likeness (QED) is 0.666. The minimum atomic E-state index is -0.522. The minimum absolute atomic E-state index is 0.170. The fourth-order valence-electron chi connectivity index (χ4n) is 2.88. The Labute approximate surface area is 135 Å². The van der Waals surface area contributed by atoms with Gasteiger partial charge in [0.25, 0.3) is 5.69 Å². The number of nitrogens with zero attached hydrogens (tertiary/aromatic N) is 2. The third kappa shape index (κ3) is 4.19. The maximum atomic E-state index is 12.4. The maximum absolute atomic E-state index is 12.4. The molecular weight excluding hydrogens is 298 g/mol. The van der Waals surface area contributed by atoms with Crippen molar-refractivity contribution in [1.29, 1.82) is 0 Å². The van der Waals surface area contributed by atoms with Gasteiger partial charge in [-0.1, -0.05) is 6.92 Å². The number of nitrogens with one attached hydrogen (secondary N) is 1. The van der Waals surface area contributed by atoms with Gasteiger partial charge >= 0.3 is 0 Å². The standard InChI is InChI=1S/C16H23N3O4/c1-11-5-4-8-18(10-11)12(2)16(20)17-14-7-6-13(23-3)9-15(14)19(21)22/h6-7,9,11-12H,4-5,8,10H2,1-3H3,(H,17,20)/t11-,12-/m0/s1. The monoisotopic (exact) mass is 321 g/mol. The summed E-state index contributed by atoms with van der Waals surface area (Å²) in [6.45, 7) is 5.76. The van der Waals surface area contributed by atoms with Crippen LogP contribution in [0.4, 0.5) is 11.4 Å². The van der Waals surface area contributed by atoms with Crippen LogP contribution >= 0.6 is 0 Å². The number of ether oxygens (including phenoxy) is 1. The predicted octanol–water partition coefficient (Wildman–Crippen LogP) is 2.66. The molecule has 126 valence electrons. The first-order valence-electron chi connectivity index (χ1n) is 7.79. The highest BCUT2D eigenvalue weighted by Crippen LogP contribution is 2.29. The van der Waals surface area contributed by atoms with Crippen LogP contribution in [0.5, 0.6) is 5.75 Å². The van der Waals surface area contributed by atoms with Crippen LogP contribution in [0.3, 0.4) is 0 Å². The van der Waals surface area contributed by atoms with E-state index in [1.807, 2.05) is 6.92 Å². The van der Waals surface area contributed by atoms with Gasteiger partial charge in [0.1, 0.15) is 11.4 Å². The molecular formula is C16H23N3O4. The van der Waals surface area contributed by atoms with Gasteiger partial charge in [0.2, 0.25) is 5.91 Å². The molecule has 0 bridgehead atoms. The van der Waals surface area contributed by atoms with E-state index >= 15 is 0 Å². The van der Waals surface area contributed by atoms with Crippen LogP contribution in [0.25, 0.3) is 0 Å². The first-order chi connectivity index (χ1) is 10.9. The lowest BCUT2D eigenvalue weighted by Gasteiger charge is -2.34. The lowest BCUT2D eigenvalue weighted by molar-refractivity contribution is -0.384. The van der Waals surface area contributed by atoms with Crippen molar-refractivity contribution in [3.05, 3.63) is 28.3 Å². The van der Waals surface area contributed by atoms with Crippen LogP contribution < -0.4 is 10.1 Å². The molecule has 1 fully saturated rings. The van der Waals surface area contributed by atoms with Gasteiger partial charge in [-0.15, -0.1) is 0 Å². The van der Waals surface area contributed by atoms with E-state index in [0.717, 1.165) is 19.5 Å². The summed E-state index contributed by atoms with van der Waals surface area (Å²) in [5.74, 6) is 0.717. The average molecular weight is 321 g/mol. The number of hydrogen-bond acceptors (Lipinski definition) is 5. The second-order valence-electron chi connectivity index (χ2n) is 6.05. The lowest BCUT2D eigenvalue weighted by atomic mass is 9.99. The summed E-state index contributed by atoms with van der Waals surface area (Å²) in [4.78, 5) is 25.2. The molecule has 2 atom stereocenters. The first kappa shape index (κ1) is 17.2. The highest BCUT2D eigenvalue weighted by Gasteiger charge is 2.27. The highest BCUT2D eigenvalue weighted by molar-refractivity contribution is 5.96. The molecule has 1 saturated heterocycles. The molecule has 2 rings (SSSR count). The Morgan fingerprint density at radius 1 is 1.52 bits per heavy atom. The van der Waals surface area contributed by atoms with Crippen LogP contribution in [0.1, 0.15) is 26.7 Å². The molecule has 0 radical (unpaired) electrons. The Hall–Kier alpha value is -2.15. The van der Waals surface area contributed by atoms with E-state index in [-0.39, 0.29) is 23.3 Å². The van der Waals surface area contributed by atoms with Crippen molar-refractivity contribution in [3.8, 4) is 5.75 Å². The van der Waals surface area contributed by atoms with Crippen molar-refractivity contribution in [1.82, 2.24) is 4.90 Å². The molecule has 0 aliphatic carbocycles. The van der Waals surface area contributed by atoms with Gasteiger partial charge in [0.05, 0.1) is 24.1 Å². The van der Waals surface area contributed by atoms with Crippen molar-refractivity contribution in [3.63, 3.8) is 0 Å². The van der Waals surface area contributed by atoms with Gasteiger partial charge in [0.15, 0.2) is 0 Å². The van der Waals surface area contributed by atoms with Crippen LogP contribution in [-0.4, -0.2) is 42.0 Å². The SMILES string of the molecule is COc1ccc(NC(=O)[C@H](C)N2CCC[C@H](C)C2)c([N+](=O)[O-])c1.